The fourth-order valence-corrected chi connectivity index (χ4v) is 2.43. The zero-order valence-corrected chi connectivity index (χ0v) is 10.1. The molecule has 2 N–H and O–H groups in total. The lowest BCUT2D eigenvalue weighted by molar-refractivity contribution is 0.479. The molecule has 0 spiro atoms. The number of pyridine rings is 1. The highest BCUT2D eigenvalue weighted by molar-refractivity contribution is 5.91. The molecule has 0 radical (unpaired) electrons. The van der Waals surface area contributed by atoms with E-state index in [1.54, 1.807) is 18.3 Å². The van der Waals surface area contributed by atoms with E-state index < -0.39 is 0 Å². The molecule has 1 saturated heterocycles. The second kappa shape index (κ2) is 4.90. The number of piperidine rings is 1. The molecule has 0 amide bonds. The fraction of sp³-hybridized carbons (Fsp3) is 0.357. The Morgan fingerprint density at radius 2 is 2.06 bits per heavy atom. The number of hydrogen-bond acceptors (Lipinski definition) is 3. The van der Waals surface area contributed by atoms with Crippen LogP contribution in [-0.2, 0) is 0 Å². The summed E-state index contributed by atoms with van der Waals surface area (Å²) in [6.07, 6.45) is 3.96. The largest absolute Gasteiger partial charge is 0.382 e. The van der Waals surface area contributed by atoms with Crippen LogP contribution in [0.25, 0.3) is 10.9 Å². The van der Waals surface area contributed by atoms with Gasteiger partial charge in [0.05, 0.1) is 5.52 Å². The standard InChI is InChI=1S/C14H16FN3/c15-10-1-2-13-12(9-10)14(5-8-17-13)18-11-3-6-16-7-4-11/h1-2,5,8-9,11,16H,3-4,6-7H2,(H,17,18). The lowest BCUT2D eigenvalue weighted by Crippen LogP contribution is -2.35. The highest BCUT2D eigenvalue weighted by atomic mass is 19.1. The first-order valence-electron chi connectivity index (χ1n) is 6.34. The van der Waals surface area contributed by atoms with Gasteiger partial charge in [-0.25, -0.2) is 4.39 Å². The smallest absolute Gasteiger partial charge is 0.124 e. The van der Waals surface area contributed by atoms with Crippen LogP contribution in [0, 0.1) is 5.82 Å². The Hall–Kier alpha value is -1.68. The molecule has 2 heterocycles. The number of fused-ring (bicyclic) bond motifs is 1. The summed E-state index contributed by atoms with van der Waals surface area (Å²) in [6.45, 7) is 2.07. The van der Waals surface area contributed by atoms with Crippen LogP contribution in [0.15, 0.2) is 30.5 Å². The molecule has 1 aromatic heterocycles. The number of anilines is 1. The molecule has 2 aromatic rings. The molecule has 0 unspecified atom stereocenters. The van der Waals surface area contributed by atoms with Crippen molar-refractivity contribution in [1.82, 2.24) is 10.3 Å². The number of halogens is 1. The van der Waals surface area contributed by atoms with Crippen molar-refractivity contribution >= 4 is 16.6 Å². The minimum Gasteiger partial charge on any atom is -0.382 e. The number of aromatic nitrogens is 1. The number of benzene rings is 1. The normalized spacial score (nSPS) is 16.9. The number of nitrogens with one attached hydrogen (secondary N) is 2. The lowest BCUT2D eigenvalue weighted by Gasteiger charge is -2.25. The Bertz CT molecular complexity index is 550. The van der Waals surface area contributed by atoms with Gasteiger partial charge in [-0.3, -0.25) is 4.98 Å². The Morgan fingerprint density at radius 1 is 1.22 bits per heavy atom. The van der Waals surface area contributed by atoms with Gasteiger partial charge >= 0.3 is 0 Å². The maximum Gasteiger partial charge on any atom is 0.124 e. The van der Waals surface area contributed by atoms with Crippen LogP contribution in [0.5, 0.6) is 0 Å². The van der Waals surface area contributed by atoms with Gasteiger partial charge in [0.1, 0.15) is 5.82 Å². The average molecular weight is 245 g/mol. The van der Waals surface area contributed by atoms with Crippen LogP contribution in [0.2, 0.25) is 0 Å². The molecular formula is C14H16FN3. The van der Waals surface area contributed by atoms with Crippen molar-refractivity contribution in [3.63, 3.8) is 0 Å². The van der Waals surface area contributed by atoms with E-state index in [4.69, 9.17) is 0 Å². The SMILES string of the molecule is Fc1ccc2nccc(NC3CCNCC3)c2c1. The predicted molar refractivity (Wildman–Crippen MR) is 71.2 cm³/mol. The molecule has 1 aliphatic rings. The molecule has 3 rings (SSSR count). The minimum atomic E-state index is -0.219. The van der Waals surface area contributed by atoms with E-state index in [0.717, 1.165) is 42.5 Å². The lowest BCUT2D eigenvalue weighted by atomic mass is 10.1. The second-order valence-electron chi connectivity index (χ2n) is 4.69. The van der Waals surface area contributed by atoms with Crippen LogP contribution in [0.4, 0.5) is 10.1 Å². The van der Waals surface area contributed by atoms with Crippen LogP contribution in [0.1, 0.15) is 12.8 Å². The molecule has 94 valence electrons. The summed E-state index contributed by atoms with van der Waals surface area (Å²) in [5, 5.41) is 7.70. The Kier molecular flexibility index (Phi) is 3.11. The molecule has 4 heteroatoms. The number of hydrogen-bond donors (Lipinski definition) is 2. The van der Waals surface area contributed by atoms with Crippen molar-refractivity contribution in [3.8, 4) is 0 Å². The van der Waals surface area contributed by atoms with Gasteiger partial charge in [0, 0.05) is 23.3 Å². The van der Waals surface area contributed by atoms with Crippen LogP contribution in [-0.4, -0.2) is 24.1 Å². The summed E-state index contributed by atoms with van der Waals surface area (Å²) < 4.78 is 13.3. The van der Waals surface area contributed by atoms with Crippen LogP contribution < -0.4 is 10.6 Å². The van der Waals surface area contributed by atoms with Crippen molar-refractivity contribution in [2.75, 3.05) is 18.4 Å². The van der Waals surface area contributed by atoms with Gasteiger partial charge in [-0.1, -0.05) is 0 Å². The first-order chi connectivity index (χ1) is 8.83. The second-order valence-corrected chi connectivity index (χ2v) is 4.69. The van der Waals surface area contributed by atoms with Gasteiger partial charge in [-0.15, -0.1) is 0 Å². The van der Waals surface area contributed by atoms with Crippen molar-refractivity contribution in [1.29, 1.82) is 0 Å². The molecule has 3 nitrogen and oxygen atoms in total. The quantitative estimate of drug-likeness (QED) is 0.853. The minimum absolute atomic E-state index is 0.219. The summed E-state index contributed by atoms with van der Waals surface area (Å²) in [4.78, 5) is 4.26. The number of nitrogens with zero attached hydrogens (tertiary/aromatic N) is 1. The molecule has 0 saturated carbocycles. The van der Waals surface area contributed by atoms with E-state index in [2.05, 4.69) is 15.6 Å². The molecule has 0 bridgehead atoms. The third-order valence-electron chi connectivity index (χ3n) is 3.40. The first-order valence-corrected chi connectivity index (χ1v) is 6.34. The van der Waals surface area contributed by atoms with Crippen molar-refractivity contribution in [2.45, 2.75) is 18.9 Å². The van der Waals surface area contributed by atoms with Crippen molar-refractivity contribution in [3.05, 3.63) is 36.3 Å². The third-order valence-corrected chi connectivity index (χ3v) is 3.40. The summed E-state index contributed by atoms with van der Waals surface area (Å²) in [5.74, 6) is -0.219. The fourth-order valence-electron chi connectivity index (χ4n) is 2.43. The highest BCUT2D eigenvalue weighted by Gasteiger charge is 2.13. The molecule has 1 fully saturated rings. The molecular weight excluding hydrogens is 229 g/mol. The summed E-state index contributed by atoms with van der Waals surface area (Å²) >= 11 is 0. The van der Waals surface area contributed by atoms with E-state index in [9.17, 15) is 4.39 Å². The van der Waals surface area contributed by atoms with Crippen molar-refractivity contribution < 1.29 is 4.39 Å². The molecule has 1 aromatic carbocycles. The van der Waals surface area contributed by atoms with Crippen LogP contribution in [0.3, 0.4) is 0 Å². The highest BCUT2D eigenvalue weighted by Crippen LogP contribution is 2.24. The molecule has 1 aliphatic heterocycles. The summed E-state index contributed by atoms with van der Waals surface area (Å²) in [6, 6.07) is 7.09. The van der Waals surface area contributed by atoms with Gasteiger partial charge < -0.3 is 10.6 Å². The van der Waals surface area contributed by atoms with Gasteiger partial charge in [0.15, 0.2) is 0 Å². The van der Waals surface area contributed by atoms with Gasteiger partial charge in [-0.2, -0.15) is 0 Å². The van der Waals surface area contributed by atoms with Crippen LogP contribution >= 0.6 is 0 Å². The average Bonchev–Trinajstić information content (AvgIpc) is 2.41. The topological polar surface area (TPSA) is 37.0 Å². The monoisotopic (exact) mass is 245 g/mol. The Balaban J connectivity index is 1.92. The van der Waals surface area contributed by atoms with Gasteiger partial charge in [-0.05, 0) is 50.2 Å². The van der Waals surface area contributed by atoms with Gasteiger partial charge in [0.25, 0.3) is 0 Å². The maximum absolute atomic E-state index is 13.3. The summed E-state index contributed by atoms with van der Waals surface area (Å²) in [5.41, 5.74) is 1.81. The number of rotatable bonds is 2. The van der Waals surface area contributed by atoms with E-state index in [1.807, 2.05) is 6.07 Å². The maximum atomic E-state index is 13.3. The van der Waals surface area contributed by atoms with E-state index in [0.29, 0.717) is 6.04 Å². The molecule has 18 heavy (non-hydrogen) atoms. The van der Waals surface area contributed by atoms with Crippen molar-refractivity contribution in [2.24, 2.45) is 0 Å². The predicted octanol–water partition coefficient (Wildman–Crippen LogP) is 2.54. The Morgan fingerprint density at radius 3 is 2.89 bits per heavy atom. The van der Waals surface area contributed by atoms with E-state index in [-0.39, 0.29) is 5.82 Å². The zero-order valence-electron chi connectivity index (χ0n) is 10.1. The third kappa shape index (κ3) is 2.29. The first kappa shape index (κ1) is 11.4. The molecule has 0 aliphatic carbocycles. The molecule has 0 atom stereocenters. The zero-order chi connectivity index (χ0) is 12.4. The Labute approximate surface area is 105 Å². The van der Waals surface area contributed by atoms with E-state index in [1.165, 1.54) is 6.07 Å². The summed E-state index contributed by atoms with van der Waals surface area (Å²) in [7, 11) is 0. The van der Waals surface area contributed by atoms with E-state index >= 15 is 0 Å². The van der Waals surface area contributed by atoms with Gasteiger partial charge in [0.2, 0.25) is 0 Å².